The van der Waals surface area contributed by atoms with E-state index >= 15 is 0 Å². The van der Waals surface area contributed by atoms with Crippen molar-refractivity contribution in [2.24, 2.45) is 0 Å². The average molecular weight is 219 g/mol. The molecule has 0 bridgehead atoms. The molecule has 0 radical (unpaired) electrons. The van der Waals surface area contributed by atoms with E-state index in [1.165, 1.54) is 0 Å². The van der Waals surface area contributed by atoms with Crippen LogP contribution < -0.4 is 4.90 Å². The van der Waals surface area contributed by atoms with E-state index in [4.69, 9.17) is 5.26 Å². The number of rotatable bonds is 4. The lowest BCUT2D eigenvalue weighted by Gasteiger charge is -2.20. The van der Waals surface area contributed by atoms with Crippen LogP contribution in [0.15, 0.2) is 12.3 Å². The predicted octanol–water partition coefficient (Wildman–Crippen LogP) is 1.47. The van der Waals surface area contributed by atoms with Gasteiger partial charge in [0.1, 0.15) is 11.9 Å². The molecule has 1 aromatic heterocycles. The molecule has 0 saturated carbocycles. The fraction of sp³-hybridized carbons (Fsp3) is 0.500. The first kappa shape index (κ1) is 12.5. The zero-order valence-corrected chi connectivity index (χ0v) is 9.94. The standard InChI is InChI=1S/C12H17N3O/c1-9-4-6-14-12(11(9)8-13)15(3)7-5-10(2)16/h4,6,10,16H,5,7H2,1-3H3. The summed E-state index contributed by atoms with van der Waals surface area (Å²) in [5, 5.41) is 18.3. The van der Waals surface area contributed by atoms with Crippen molar-refractivity contribution in [3.8, 4) is 6.07 Å². The van der Waals surface area contributed by atoms with Crippen LogP contribution in [0.25, 0.3) is 0 Å². The zero-order chi connectivity index (χ0) is 12.1. The Morgan fingerprint density at radius 2 is 2.31 bits per heavy atom. The summed E-state index contributed by atoms with van der Waals surface area (Å²) in [6.07, 6.45) is 2.03. The van der Waals surface area contributed by atoms with Gasteiger partial charge >= 0.3 is 0 Å². The third-order valence-electron chi connectivity index (χ3n) is 2.49. The minimum atomic E-state index is -0.335. The third kappa shape index (κ3) is 2.94. The SMILES string of the molecule is Cc1ccnc(N(C)CCC(C)O)c1C#N. The van der Waals surface area contributed by atoms with Crippen molar-refractivity contribution in [2.75, 3.05) is 18.5 Å². The van der Waals surface area contributed by atoms with Crippen LogP contribution in [0.1, 0.15) is 24.5 Å². The van der Waals surface area contributed by atoms with Crippen LogP contribution in [0.5, 0.6) is 0 Å². The number of hydrogen-bond donors (Lipinski definition) is 1. The highest BCUT2D eigenvalue weighted by Gasteiger charge is 2.11. The van der Waals surface area contributed by atoms with Gasteiger partial charge in [0.15, 0.2) is 0 Å². The number of hydrogen-bond acceptors (Lipinski definition) is 4. The molecule has 0 fully saturated rings. The van der Waals surface area contributed by atoms with Gasteiger partial charge in [-0.1, -0.05) is 0 Å². The minimum absolute atomic E-state index is 0.335. The van der Waals surface area contributed by atoms with Crippen LogP contribution >= 0.6 is 0 Å². The Labute approximate surface area is 96.2 Å². The molecule has 1 unspecified atom stereocenters. The Morgan fingerprint density at radius 3 is 2.88 bits per heavy atom. The van der Waals surface area contributed by atoms with Gasteiger partial charge < -0.3 is 10.0 Å². The summed E-state index contributed by atoms with van der Waals surface area (Å²) in [6, 6.07) is 3.99. The summed E-state index contributed by atoms with van der Waals surface area (Å²) in [7, 11) is 1.88. The van der Waals surface area contributed by atoms with E-state index in [1.807, 2.05) is 24.9 Å². The maximum absolute atomic E-state index is 9.22. The number of aliphatic hydroxyl groups is 1. The van der Waals surface area contributed by atoms with Gasteiger partial charge in [0.25, 0.3) is 0 Å². The van der Waals surface area contributed by atoms with Crippen LogP contribution in [0.4, 0.5) is 5.82 Å². The van der Waals surface area contributed by atoms with Crippen molar-refractivity contribution in [2.45, 2.75) is 26.4 Å². The average Bonchev–Trinajstić information content (AvgIpc) is 2.25. The molecule has 1 heterocycles. The first-order valence-corrected chi connectivity index (χ1v) is 5.31. The molecule has 0 amide bonds. The van der Waals surface area contributed by atoms with Crippen LogP contribution in [0, 0.1) is 18.3 Å². The normalized spacial score (nSPS) is 11.9. The van der Waals surface area contributed by atoms with E-state index in [2.05, 4.69) is 11.1 Å². The van der Waals surface area contributed by atoms with E-state index < -0.39 is 0 Å². The monoisotopic (exact) mass is 219 g/mol. The molecule has 0 aromatic carbocycles. The largest absolute Gasteiger partial charge is 0.393 e. The second-order valence-corrected chi connectivity index (χ2v) is 4.00. The fourth-order valence-corrected chi connectivity index (χ4v) is 1.46. The highest BCUT2D eigenvalue weighted by Crippen LogP contribution is 2.18. The molecule has 0 aliphatic carbocycles. The smallest absolute Gasteiger partial charge is 0.146 e. The summed E-state index contributed by atoms with van der Waals surface area (Å²) in [4.78, 5) is 6.11. The number of aryl methyl sites for hydroxylation is 1. The van der Waals surface area contributed by atoms with Gasteiger partial charge in [-0.3, -0.25) is 0 Å². The molecule has 0 saturated heterocycles. The topological polar surface area (TPSA) is 60.1 Å². The summed E-state index contributed by atoms with van der Waals surface area (Å²) in [5.41, 5.74) is 1.53. The third-order valence-corrected chi connectivity index (χ3v) is 2.49. The summed E-state index contributed by atoms with van der Waals surface area (Å²) < 4.78 is 0. The molecule has 4 nitrogen and oxygen atoms in total. The van der Waals surface area contributed by atoms with Crippen molar-refractivity contribution >= 4 is 5.82 Å². The maximum atomic E-state index is 9.22. The van der Waals surface area contributed by atoms with Crippen molar-refractivity contribution in [3.63, 3.8) is 0 Å². The number of nitriles is 1. The maximum Gasteiger partial charge on any atom is 0.146 e. The second kappa shape index (κ2) is 5.47. The lowest BCUT2D eigenvalue weighted by Crippen LogP contribution is -2.23. The van der Waals surface area contributed by atoms with E-state index in [0.29, 0.717) is 24.3 Å². The van der Waals surface area contributed by atoms with Crippen LogP contribution in [-0.2, 0) is 0 Å². The van der Waals surface area contributed by atoms with Crippen molar-refractivity contribution in [3.05, 3.63) is 23.4 Å². The predicted molar refractivity (Wildman–Crippen MR) is 63.3 cm³/mol. The lowest BCUT2D eigenvalue weighted by molar-refractivity contribution is 0.187. The summed E-state index contributed by atoms with van der Waals surface area (Å²) in [6.45, 7) is 4.33. The molecule has 16 heavy (non-hydrogen) atoms. The first-order valence-electron chi connectivity index (χ1n) is 5.31. The Kier molecular flexibility index (Phi) is 4.27. The number of aromatic nitrogens is 1. The van der Waals surface area contributed by atoms with E-state index in [-0.39, 0.29) is 6.10 Å². The van der Waals surface area contributed by atoms with Crippen molar-refractivity contribution < 1.29 is 5.11 Å². The molecule has 1 rings (SSSR count). The summed E-state index contributed by atoms with van der Waals surface area (Å²) >= 11 is 0. The molecule has 0 aliphatic heterocycles. The highest BCUT2D eigenvalue weighted by atomic mass is 16.3. The molecule has 4 heteroatoms. The Hall–Kier alpha value is -1.60. The molecule has 0 spiro atoms. The Balaban J connectivity index is 2.87. The molecule has 1 atom stereocenters. The quantitative estimate of drug-likeness (QED) is 0.833. The molecule has 1 N–H and O–H groups in total. The molecular formula is C12H17N3O. The number of pyridine rings is 1. The van der Waals surface area contributed by atoms with Crippen LogP contribution in [0.2, 0.25) is 0 Å². The van der Waals surface area contributed by atoms with Gasteiger partial charge in [-0.2, -0.15) is 5.26 Å². The van der Waals surface area contributed by atoms with E-state index in [1.54, 1.807) is 13.1 Å². The van der Waals surface area contributed by atoms with Crippen molar-refractivity contribution in [1.29, 1.82) is 5.26 Å². The van der Waals surface area contributed by atoms with Crippen molar-refractivity contribution in [1.82, 2.24) is 4.98 Å². The Morgan fingerprint density at radius 1 is 1.62 bits per heavy atom. The lowest BCUT2D eigenvalue weighted by atomic mass is 10.1. The van der Waals surface area contributed by atoms with Crippen LogP contribution in [0.3, 0.4) is 0 Å². The molecule has 86 valence electrons. The van der Waals surface area contributed by atoms with Gasteiger partial charge in [0, 0.05) is 19.8 Å². The fourth-order valence-electron chi connectivity index (χ4n) is 1.46. The van der Waals surface area contributed by atoms with E-state index in [9.17, 15) is 5.11 Å². The number of anilines is 1. The molecule has 1 aromatic rings. The van der Waals surface area contributed by atoms with Gasteiger partial charge in [-0.05, 0) is 31.9 Å². The number of aliphatic hydroxyl groups excluding tert-OH is 1. The summed E-state index contributed by atoms with van der Waals surface area (Å²) in [5.74, 6) is 0.683. The Bertz CT molecular complexity index is 396. The van der Waals surface area contributed by atoms with Gasteiger partial charge in [0.05, 0.1) is 11.7 Å². The number of nitrogens with zero attached hydrogens (tertiary/aromatic N) is 3. The van der Waals surface area contributed by atoms with Gasteiger partial charge in [-0.15, -0.1) is 0 Å². The second-order valence-electron chi connectivity index (χ2n) is 4.00. The van der Waals surface area contributed by atoms with E-state index in [0.717, 1.165) is 5.56 Å². The molecular weight excluding hydrogens is 202 g/mol. The van der Waals surface area contributed by atoms with Gasteiger partial charge in [-0.25, -0.2) is 4.98 Å². The first-order chi connectivity index (χ1) is 7.56. The highest BCUT2D eigenvalue weighted by molar-refractivity contribution is 5.56. The minimum Gasteiger partial charge on any atom is -0.393 e. The molecule has 0 aliphatic rings. The zero-order valence-electron chi connectivity index (χ0n) is 9.94. The van der Waals surface area contributed by atoms with Gasteiger partial charge in [0.2, 0.25) is 0 Å². The van der Waals surface area contributed by atoms with Crippen LogP contribution in [-0.4, -0.2) is 29.8 Å².